The highest BCUT2D eigenvalue weighted by atomic mass is 32.2. The van der Waals surface area contributed by atoms with Gasteiger partial charge in [0.05, 0.1) is 5.69 Å². The number of rotatable bonds is 4. The SMILES string of the molecule is Cc1cccc(CSc2nc(-c3cccc(C)c3)c(C#N)c(=O)[nH]2)c1. The number of benzene rings is 2. The molecule has 0 saturated heterocycles. The average Bonchev–Trinajstić information content (AvgIpc) is 2.59. The quantitative estimate of drug-likeness (QED) is 0.567. The molecule has 0 aliphatic rings. The van der Waals surface area contributed by atoms with E-state index in [2.05, 4.69) is 16.0 Å². The van der Waals surface area contributed by atoms with E-state index in [1.54, 1.807) is 0 Å². The molecular formula is C20H17N3OS. The lowest BCUT2D eigenvalue weighted by molar-refractivity contribution is 0.934. The number of aryl methyl sites for hydroxylation is 2. The highest BCUT2D eigenvalue weighted by Gasteiger charge is 2.13. The Hall–Kier alpha value is -2.84. The van der Waals surface area contributed by atoms with Crippen molar-refractivity contribution in [1.82, 2.24) is 9.97 Å². The van der Waals surface area contributed by atoms with E-state index in [0.29, 0.717) is 16.6 Å². The molecule has 0 bridgehead atoms. The average molecular weight is 347 g/mol. The molecule has 2 aromatic carbocycles. The van der Waals surface area contributed by atoms with Crippen LogP contribution in [0.3, 0.4) is 0 Å². The van der Waals surface area contributed by atoms with Crippen LogP contribution in [0.2, 0.25) is 0 Å². The Kier molecular flexibility index (Phi) is 5.01. The van der Waals surface area contributed by atoms with Gasteiger partial charge in [-0.15, -0.1) is 0 Å². The first-order valence-electron chi connectivity index (χ1n) is 7.86. The van der Waals surface area contributed by atoms with Crippen molar-refractivity contribution < 1.29 is 0 Å². The lowest BCUT2D eigenvalue weighted by Gasteiger charge is -2.07. The Morgan fingerprint density at radius 3 is 2.52 bits per heavy atom. The van der Waals surface area contributed by atoms with Crippen LogP contribution in [0, 0.1) is 25.2 Å². The minimum absolute atomic E-state index is 0.0468. The molecular weight excluding hydrogens is 330 g/mol. The summed E-state index contributed by atoms with van der Waals surface area (Å²) in [7, 11) is 0. The van der Waals surface area contributed by atoms with E-state index in [1.807, 2.05) is 62.4 Å². The van der Waals surface area contributed by atoms with E-state index in [1.165, 1.54) is 17.3 Å². The standard InChI is InChI=1S/C20H17N3OS/c1-13-5-3-7-15(9-13)12-25-20-22-18(17(11-21)19(24)23-20)16-8-4-6-14(2)10-16/h3-10H,12H2,1-2H3,(H,22,23,24). The number of nitrogens with one attached hydrogen (secondary N) is 1. The number of thioether (sulfide) groups is 1. The minimum atomic E-state index is -0.402. The van der Waals surface area contributed by atoms with Gasteiger partial charge < -0.3 is 4.98 Å². The molecule has 4 nitrogen and oxygen atoms in total. The lowest BCUT2D eigenvalue weighted by atomic mass is 10.1. The second-order valence-corrected chi connectivity index (χ2v) is 6.82. The molecule has 0 amide bonds. The van der Waals surface area contributed by atoms with Crippen molar-refractivity contribution in [3.8, 4) is 17.3 Å². The minimum Gasteiger partial charge on any atom is -0.300 e. The molecule has 25 heavy (non-hydrogen) atoms. The Morgan fingerprint density at radius 1 is 1.12 bits per heavy atom. The highest BCUT2D eigenvalue weighted by Crippen LogP contribution is 2.24. The van der Waals surface area contributed by atoms with E-state index in [-0.39, 0.29) is 5.56 Å². The zero-order valence-electron chi connectivity index (χ0n) is 14.0. The van der Waals surface area contributed by atoms with Gasteiger partial charge in [0.15, 0.2) is 5.16 Å². The van der Waals surface area contributed by atoms with Crippen molar-refractivity contribution in [2.75, 3.05) is 0 Å². The predicted molar refractivity (Wildman–Crippen MR) is 100 cm³/mol. The first-order valence-corrected chi connectivity index (χ1v) is 8.85. The second kappa shape index (κ2) is 7.37. The van der Waals surface area contributed by atoms with Crippen molar-refractivity contribution in [2.45, 2.75) is 24.8 Å². The van der Waals surface area contributed by atoms with E-state index < -0.39 is 5.56 Å². The van der Waals surface area contributed by atoms with Gasteiger partial charge in [-0.25, -0.2) is 4.98 Å². The van der Waals surface area contributed by atoms with Crippen molar-refractivity contribution in [3.05, 3.63) is 81.1 Å². The van der Waals surface area contributed by atoms with Crippen molar-refractivity contribution >= 4 is 11.8 Å². The molecule has 5 heteroatoms. The number of nitrogens with zero attached hydrogens (tertiary/aromatic N) is 2. The largest absolute Gasteiger partial charge is 0.300 e. The number of H-pyrrole nitrogens is 1. The Morgan fingerprint density at radius 2 is 1.84 bits per heavy atom. The molecule has 0 saturated carbocycles. The summed E-state index contributed by atoms with van der Waals surface area (Å²) in [6.07, 6.45) is 0. The van der Waals surface area contributed by atoms with Crippen LogP contribution in [0.1, 0.15) is 22.3 Å². The molecule has 0 atom stereocenters. The first-order chi connectivity index (χ1) is 12.1. The van der Waals surface area contributed by atoms with Crippen LogP contribution in [0.25, 0.3) is 11.3 Å². The Bertz CT molecular complexity index is 1020. The third-order valence-electron chi connectivity index (χ3n) is 3.76. The smallest absolute Gasteiger partial charge is 0.270 e. The Balaban J connectivity index is 1.96. The van der Waals surface area contributed by atoms with Crippen LogP contribution < -0.4 is 5.56 Å². The summed E-state index contributed by atoms with van der Waals surface area (Å²) in [6.45, 7) is 4.02. The van der Waals surface area contributed by atoms with Gasteiger partial charge in [0.2, 0.25) is 0 Å². The van der Waals surface area contributed by atoms with Crippen LogP contribution >= 0.6 is 11.8 Å². The number of nitriles is 1. The zero-order chi connectivity index (χ0) is 17.8. The molecule has 0 aliphatic heterocycles. The summed E-state index contributed by atoms with van der Waals surface area (Å²) in [5.74, 6) is 0.698. The lowest BCUT2D eigenvalue weighted by Crippen LogP contribution is -2.14. The van der Waals surface area contributed by atoms with E-state index in [0.717, 1.165) is 16.7 Å². The molecule has 1 N–H and O–H groups in total. The summed E-state index contributed by atoms with van der Waals surface area (Å²) < 4.78 is 0. The molecule has 3 rings (SSSR count). The normalized spacial score (nSPS) is 10.4. The molecule has 0 fully saturated rings. The first kappa shape index (κ1) is 17.0. The number of aromatic amines is 1. The third kappa shape index (κ3) is 3.98. The molecule has 3 aromatic rings. The molecule has 0 radical (unpaired) electrons. The summed E-state index contributed by atoms with van der Waals surface area (Å²) in [5.41, 5.74) is 4.26. The van der Waals surface area contributed by atoms with Crippen LogP contribution in [0.4, 0.5) is 0 Å². The van der Waals surface area contributed by atoms with E-state index in [9.17, 15) is 10.1 Å². The fourth-order valence-corrected chi connectivity index (χ4v) is 3.38. The number of hydrogen-bond acceptors (Lipinski definition) is 4. The fourth-order valence-electron chi connectivity index (χ4n) is 2.58. The van der Waals surface area contributed by atoms with Crippen molar-refractivity contribution in [1.29, 1.82) is 5.26 Å². The van der Waals surface area contributed by atoms with Gasteiger partial charge >= 0.3 is 0 Å². The van der Waals surface area contributed by atoms with Gasteiger partial charge in [0.1, 0.15) is 11.6 Å². The number of aromatic nitrogens is 2. The van der Waals surface area contributed by atoms with Gasteiger partial charge in [-0.05, 0) is 25.5 Å². The molecule has 0 spiro atoms. The maximum atomic E-state index is 12.3. The monoisotopic (exact) mass is 347 g/mol. The summed E-state index contributed by atoms with van der Waals surface area (Å²) in [5, 5.41) is 9.86. The zero-order valence-corrected chi connectivity index (χ0v) is 14.9. The molecule has 0 unspecified atom stereocenters. The maximum absolute atomic E-state index is 12.3. The second-order valence-electron chi connectivity index (χ2n) is 5.85. The Labute approximate surface area is 150 Å². The molecule has 1 aromatic heterocycles. The van der Waals surface area contributed by atoms with Crippen molar-refractivity contribution in [2.24, 2.45) is 0 Å². The van der Waals surface area contributed by atoms with E-state index in [4.69, 9.17) is 0 Å². The van der Waals surface area contributed by atoms with Crippen LogP contribution in [0.5, 0.6) is 0 Å². The van der Waals surface area contributed by atoms with Gasteiger partial charge in [0, 0.05) is 11.3 Å². The molecule has 1 heterocycles. The molecule has 124 valence electrons. The van der Waals surface area contributed by atoms with Gasteiger partial charge in [-0.1, -0.05) is 65.4 Å². The van der Waals surface area contributed by atoms with Gasteiger partial charge in [-0.3, -0.25) is 4.79 Å². The summed E-state index contributed by atoms with van der Waals surface area (Å²) >= 11 is 1.45. The fraction of sp³-hybridized carbons (Fsp3) is 0.150. The number of hydrogen-bond donors (Lipinski definition) is 1. The topological polar surface area (TPSA) is 69.5 Å². The third-order valence-corrected chi connectivity index (χ3v) is 4.70. The van der Waals surface area contributed by atoms with Gasteiger partial charge in [0.25, 0.3) is 5.56 Å². The van der Waals surface area contributed by atoms with E-state index >= 15 is 0 Å². The summed E-state index contributed by atoms with van der Waals surface area (Å²) in [4.78, 5) is 19.5. The highest BCUT2D eigenvalue weighted by molar-refractivity contribution is 7.98. The van der Waals surface area contributed by atoms with Crippen LogP contribution in [-0.4, -0.2) is 9.97 Å². The maximum Gasteiger partial charge on any atom is 0.270 e. The summed E-state index contributed by atoms with van der Waals surface area (Å²) in [6, 6.07) is 17.8. The predicted octanol–water partition coefficient (Wildman–Crippen LogP) is 4.22. The van der Waals surface area contributed by atoms with Gasteiger partial charge in [-0.2, -0.15) is 5.26 Å². The van der Waals surface area contributed by atoms with Crippen LogP contribution in [0.15, 0.2) is 58.5 Å². The van der Waals surface area contributed by atoms with Crippen molar-refractivity contribution in [3.63, 3.8) is 0 Å². The molecule has 0 aliphatic carbocycles. The van der Waals surface area contributed by atoms with Crippen LogP contribution in [-0.2, 0) is 5.75 Å².